The van der Waals surface area contributed by atoms with Gasteiger partial charge in [0, 0.05) is 37.0 Å². The van der Waals surface area contributed by atoms with Crippen molar-refractivity contribution < 1.29 is 18.7 Å². The second kappa shape index (κ2) is 14.0. The van der Waals surface area contributed by atoms with E-state index in [1.54, 1.807) is 19.1 Å². The molecule has 0 heterocycles. The summed E-state index contributed by atoms with van der Waals surface area (Å²) >= 11 is 11.8. The monoisotopic (exact) mass is 497 g/mol. The number of anilines is 1. The number of amides is 1. The maximum Gasteiger partial charge on any atom is 0.328 e. The van der Waals surface area contributed by atoms with Gasteiger partial charge in [0.15, 0.2) is 0 Å². The van der Waals surface area contributed by atoms with Gasteiger partial charge in [-0.05, 0) is 48.7 Å². The van der Waals surface area contributed by atoms with Crippen LogP contribution in [0.25, 0.3) is 0 Å². The molecular formula is C24H30Cl2FN3O3. The number of hydrogen-bond acceptors (Lipinski definition) is 5. The van der Waals surface area contributed by atoms with Gasteiger partial charge in [-0.2, -0.15) is 0 Å². The number of hydrogen-bond donors (Lipinski definition) is 2. The topological polar surface area (TPSA) is 84.7 Å². The van der Waals surface area contributed by atoms with E-state index >= 15 is 0 Å². The Kier molecular flexibility index (Phi) is 11.4. The standard InChI is InChI=1S/C24H30Cl2FN3O3/c1-2-33-24(32)22(16-17-6-8-19(27)9-7-17)29-23(31)21(28)15-18-4-3-5-20(14-18)30(12-10-25)13-11-26/h3-9,14,21-22H,2,10-13,15-16,28H2,1H3,(H,29,31)/t21-,22-/m0/s1. The number of nitrogens with two attached hydrogens (primary N) is 1. The third-order valence-corrected chi connectivity index (χ3v) is 5.36. The summed E-state index contributed by atoms with van der Waals surface area (Å²) in [5.41, 5.74) is 8.67. The van der Waals surface area contributed by atoms with Gasteiger partial charge < -0.3 is 20.7 Å². The number of ether oxygens (including phenoxy) is 1. The molecular weight excluding hydrogens is 468 g/mol. The first-order valence-electron chi connectivity index (χ1n) is 10.8. The highest BCUT2D eigenvalue weighted by Crippen LogP contribution is 2.18. The molecule has 9 heteroatoms. The van der Waals surface area contributed by atoms with E-state index < -0.39 is 24.0 Å². The normalized spacial score (nSPS) is 12.6. The van der Waals surface area contributed by atoms with E-state index in [2.05, 4.69) is 10.2 Å². The number of rotatable bonds is 13. The van der Waals surface area contributed by atoms with Crippen molar-refractivity contribution >= 4 is 40.8 Å². The molecule has 0 aliphatic rings. The zero-order valence-electron chi connectivity index (χ0n) is 18.6. The molecule has 180 valence electrons. The fraction of sp³-hybridized carbons (Fsp3) is 0.417. The predicted molar refractivity (Wildman–Crippen MR) is 130 cm³/mol. The largest absolute Gasteiger partial charge is 0.464 e. The number of esters is 1. The minimum Gasteiger partial charge on any atom is -0.464 e. The van der Waals surface area contributed by atoms with E-state index in [9.17, 15) is 14.0 Å². The number of benzene rings is 2. The minimum absolute atomic E-state index is 0.166. The lowest BCUT2D eigenvalue weighted by molar-refractivity contribution is -0.147. The first-order valence-corrected chi connectivity index (χ1v) is 11.9. The molecule has 33 heavy (non-hydrogen) atoms. The Bertz CT molecular complexity index is 893. The highest BCUT2D eigenvalue weighted by Gasteiger charge is 2.25. The van der Waals surface area contributed by atoms with Gasteiger partial charge in [0.25, 0.3) is 0 Å². The molecule has 6 nitrogen and oxygen atoms in total. The third-order valence-electron chi connectivity index (χ3n) is 5.02. The Balaban J connectivity index is 2.07. The molecule has 0 saturated carbocycles. The van der Waals surface area contributed by atoms with Crippen molar-refractivity contribution in [3.63, 3.8) is 0 Å². The van der Waals surface area contributed by atoms with Gasteiger partial charge in [0.05, 0.1) is 12.6 Å². The van der Waals surface area contributed by atoms with Crippen molar-refractivity contribution in [1.82, 2.24) is 5.32 Å². The minimum atomic E-state index is -0.928. The molecule has 0 radical (unpaired) electrons. The molecule has 0 saturated heterocycles. The van der Waals surface area contributed by atoms with Crippen LogP contribution in [0.5, 0.6) is 0 Å². The second-order valence-electron chi connectivity index (χ2n) is 7.49. The Morgan fingerprint density at radius 2 is 1.73 bits per heavy atom. The zero-order valence-corrected chi connectivity index (χ0v) is 20.1. The van der Waals surface area contributed by atoms with Crippen molar-refractivity contribution in [2.75, 3.05) is 36.4 Å². The molecule has 3 N–H and O–H groups in total. The highest BCUT2D eigenvalue weighted by atomic mass is 35.5. The number of nitrogens with zero attached hydrogens (tertiary/aromatic N) is 1. The van der Waals surface area contributed by atoms with E-state index in [4.69, 9.17) is 33.7 Å². The molecule has 0 aromatic heterocycles. The highest BCUT2D eigenvalue weighted by molar-refractivity contribution is 6.18. The summed E-state index contributed by atoms with van der Waals surface area (Å²) in [7, 11) is 0. The quantitative estimate of drug-likeness (QED) is 0.327. The summed E-state index contributed by atoms with van der Waals surface area (Å²) in [6.07, 6.45) is 0.445. The van der Waals surface area contributed by atoms with Crippen molar-refractivity contribution in [2.24, 2.45) is 5.73 Å². The zero-order chi connectivity index (χ0) is 24.2. The van der Waals surface area contributed by atoms with Gasteiger partial charge in [0.1, 0.15) is 11.9 Å². The summed E-state index contributed by atoms with van der Waals surface area (Å²) in [5.74, 6) is -0.491. The first kappa shape index (κ1) is 26.9. The van der Waals surface area contributed by atoms with Gasteiger partial charge in [-0.3, -0.25) is 4.79 Å². The van der Waals surface area contributed by atoms with Gasteiger partial charge in [-0.1, -0.05) is 24.3 Å². The SMILES string of the molecule is CCOC(=O)[C@H](Cc1ccc(F)cc1)NC(=O)[C@@H](N)Cc1cccc(N(CCCl)CCCl)c1. The van der Waals surface area contributed by atoms with Crippen LogP contribution in [0.4, 0.5) is 10.1 Å². The fourth-order valence-corrected chi connectivity index (χ4v) is 3.78. The molecule has 1 amide bonds. The number of carbonyl (C=O) groups excluding carboxylic acids is 2. The average molecular weight is 498 g/mol. The van der Waals surface area contributed by atoms with Crippen molar-refractivity contribution in [1.29, 1.82) is 0 Å². The second-order valence-corrected chi connectivity index (χ2v) is 8.25. The molecule has 0 aliphatic carbocycles. The Hall–Kier alpha value is -2.35. The molecule has 0 bridgehead atoms. The summed E-state index contributed by atoms with van der Waals surface area (Å²) < 4.78 is 18.3. The summed E-state index contributed by atoms with van der Waals surface area (Å²) in [6.45, 7) is 3.16. The molecule has 0 aliphatic heterocycles. The average Bonchev–Trinajstić information content (AvgIpc) is 2.80. The third kappa shape index (κ3) is 8.84. The number of carbonyl (C=O) groups is 2. The molecule has 2 aromatic carbocycles. The van der Waals surface area contributed by atoms with E-state index in [0.29, 0.717) is 30.4 Å². The van der Waals surface area contributed by atoms with E-state index in [1.807, 2.05) is 24.3 Å². The smallest absolute Gasteiger partial charge is 0.328 e. The summed E-state index contributed by atoms with van der Waals surface area (Å²) in [6, 6.07) is 11.6. The number of halogens is 3. The molecule has 0 spiro atoms. The van der Waals surface area contributed by atoms with Crippen LogP contribution in [0, 0.1) is 5.82 Å². The van der Waals surface area contributed by atoms with Gasteiger partial charge in [0.2, 0.25) is 5.91 Å². The predicted octanol–water partition coefficient (Wildman–Crippen LogP) is 3.27. The van der Waals surface area contributed by atoms with Crippen LogP contribution in [-0.4, -0.2) is 55.4 Å². The van der Waals surface area contributed by atoms with Gasteiger partial charge in [-0.15, -0.1) is 23.2 Å². The molecule has 2 atom stereocenters. The molecule has 2 rings (SSSR count). The molecule has 0 unspecified atom stereocenters. The number of alkyl halides is 2. The van der Waals surface area contributed by atoms with E-state index in [0.717, 1.165) is 11.3 Å². The molecule has 0 fully saturated rings. The summed E-state index contributed by atoms with van der Waals surface area (Å²) in [4.78, 5) is 27.2. The lowest BCUT2D eigenvalue weighted by Crippen LogP contribution is -2.50. The van der Waals surface area contributed by atoms with Crippen LogP contribution < -0.4 is 16.0 Å². The van der Waals surface area contributed by atoms with Gasteiger partial charge >= 0.3 is 5.97 Å². The first-order chi connectivity index (χ1) is 15.9. The van der Waals surface area contributed by atoms with E-state index in [-0.39, 0.29) is 25.3 Å². The van der Waals surface area contributed by atoms with E-state index in [1.165, 1.54) is 12.1 Å². The van der Waals surface area contributed by atoms with Crippen LogP contribution in [0.3, 0.4) is 0 Å². The Morgan fingerprint density at radius 1 is 1.06 bits per heavy atom. The lowest BCUT2D eigenvalue weighted by atomic mass is 10.0. The van der Waals surface area contributed by atoms with Crippen LogP contribution >= 0.6 is 23.2 Å². The van der Waals surface area contributed by atoms with Crippen molar-refractivity contribution in [3.05, 3.63) is 65.5 Å². The van der Waals surface area contributed by atoms with Crippen molar-refractivity contribution in [3.8, 4) is 0 Å². The van der Waals surface area contributed by atoms with Gasteiger partial charge in [-0.25, -0.2) is 9.18 Å². The lowest BCUT2D eigenvalue weighted by Gasteiger charge is -2.24. The van der Waals surface area contributed by atoms with Crippen LogP contribution in [0.2, 0.25) is 0 Å². The fourth-order valence-electron chi connectivity index (χ4n) is 3.37. The van der Waals surface area contributed by atoms with Crippen LogP contribution in [-0.2, 0) is 27.2 Å². The van der Waals surface area contributed by atoms with Crippen LogP contribution in [0.15, 0.2) is 48.5 Å². The van der Waals surface area contributed by atoms with Crippen molar-refractivity contribution in [2.45, 2.75) is 31.8 Å². The molecule has 2 aromatic rings. The number of nitrogens with one attached hydrogen (secondary N) is 1. The Morgan fingerprint density at radius 3 is 2.33 bits per heavy atom. The Labute approximate surface area is 204 Å². The maximum absolute atomic E-state index is 13.2. The maximum atomic E-state index is 13.2. The van der Waals surface area contributed by atoms with Crippen LogP contribution in [0.1, 0.15) is 18.1 Å². The summed E-state index contributed by atoms with van der Waals surface area (Å²) in [5, 5.41) is 2.69.